The second kappa shape index (κ2) is 11.4. The van der Waals surface area contributed by atoms with Gasteiger partial charge in [-0.3, -0.25) is 0 Å². The molecule has 0 bridgehead atoms. The first-order chi connectivity index (χ1) is 7.74. The lowest BCUT2D eigenvalue weighted by atomic mass is 9.97. The zero-order chi connectivity index (χ0) is 12.2. The first kappa shape index (κ1) is 15.9. The van der Waals surface area contributed by atoms with E-state index in [1.807, 2.05) is 0 Å². The summed E-state index contributed by atoms with van der Waals surface area (Å²) in [6, 6.07) is 0. The molecule has 0 aromatic heterocycles. The SMILES string of the molecule is CCCCCC(CCC)COCC(O)CO. The fourth-order valence-corrected chi connectivity index (χ4v) is 1.83. The molecule has 0 saturated carbocycles. The molecule has 0 amide bonds. The van der Waals surface area contributed by atoms with E-state index in [1.165, 1.54) is 38.5 Å². The maximum absolute atomic E-state index is 9.14. The number of hydrogen-bond acceptors (Lipinski definition) is 3. The van der Waals surface area contributed by atoms with Crippen LogP contribution in [0.2, 0.25) is 0 Å². The molecule has 0 saturated heterocycles. The lowest BCUT2D eigenvalue weighted by Crippen LogP contribution is -2.21. The number of unbranched alkanes of at least 4 members (excludes halogenated alkanes) is 2. The monoisotopic (exact) mass is 232 g/mol. The van der Waals surface area contributed by atoms with Crippen molar-refractivity contribution in [1.82, 2.24) is 0 Å². The average molecular weight is 232 g/mol. The topological polar surface area (TPSA) is 49.7 Å². The van der Waals surface area contributed by atoms with E-state index < -0.39 is 6.10 Å². The molecule has 98 valence electrons. The van der Waals surface area contributed by atoms with Gasteiger partial charge in [-0.15, -0.1) is 0 Å². The molecule has 0 aliphatic carbocycles. The molecule has 3 nitrogen and oxygen atoms in total. The van der Waals surface area contributed by atoms with Crippen molar-refractivity contribution in [2.24, 2.45) is 5.92 Å². The first-order valence-electron chi connectivity index (χ1n) is 6.61. The van der Waals surface area contributed by atoms with E-state index in [0.717, 1.165) is 0 Å². The summed E-state index contributed by atoms with van der Waals surface area (Å²) in [5, 5.41) is 17.8. The summed E-state index contributed by atoms with van der Waals surface area (Å²) in [7, 11) is 0. The quantitative estimate of drug-likeness (QED) is 0.538. The number of ether oxygens (including phenoxy) is 1. The molecule has 2 atom stereocenters. The van der Waals surface area contributed by atoms with Crippen molar-refractivity contribution < 1.29 is 14.9 Å². The van der Waals surface area contributed by atoms with Gasteiger partial charge >= 0.3 is 0 Å². The Kier molecular flexibility index (Phi) is 11.3. The summed E-state index contributed by atoms with van der Waals surface area (Å²) < 4.78 is 5.42. The zero-order valence-corrected chi connectivity index (χ0v) is 10.8. The van der Waals surface area contributed by atoms with Crippen molar-refractivity contribution in [2.75, 3.05) is 19.8 Å². The van der Waals surface area contributed by atoms with Gasteiger partial charge in [0.25, 0.3) is 0 Å². The fraction of sp³-hybridized carbons (Fsp3) is 1.00. The van der Waals surface area contributed by atoms with Gasteiger partial charge in [0.1, 0.15) is 6.10 Å². The van der Waals surface area contributed by atoms with Gasteiger partial charge in [-0.05, 0) is 18.8 Å². The summed E-state index contributed by atoms with van der Waals surface area (Å²) >= 11 is 0. The minimum atomic E-state index is -0.724. The van der Waals surface area contributed by atoms with Crippen LogP contribution in [-0.2, 0) is 4.74 Å². The molecule has 0 spiro atoms. The molecule has 2 unspecified atom stereocenters. The van der Waals surface area contributed by atoms with E-state index in [1.54, 1.807) is 0 Å². The summed E-state index contributed by atoms with van der Waals surface area (Å²) in [5.41, 5.74) is 0. The summed E-state index contributed by atoms with van der Waals surface area (Å²) in [6.45, 7) is 5.16. The smallest absolute Gasteiger partial charge is 0.100 e. The highest BCUT2D eigenvalue weighted by Crippen LogP contribution is 2.16. The molecule has 3 heteroatoms. The molecule has 0 heterocycles. The van der Waals surface area contributed by atoms with Crippen molar-refractivity contribution >= 4 is 0 Å². The molecular weight excluding hydrogens is 204 g/mol. The van der Waals surface area contributed by atoms with Gasteiger partial charge in [0.2, 0.25) is 0 Å². The molecular formula is C13H28O3. The Balaban J connectivity index is 3.58. The molecule has 0 aromatic rings. The normalized spacial score (nSPS) is 15.0. The van der Waals surface area contributed by atoms with Crippen LogP contribution in [0.25, 0.3) is 0 Å². The Labute approximate surface area is 99.8 Å². The van der Waals surface area contributed by atoms with E-state index in [9.17, 15) is 0 Å². The Hall–Kier alpha value is -0.120. The Morgan fingerprint density at radius 2 is 1.75 bits per heavy atom. The first-order valence-corrected chi connectivity index (χ1v) is 6.61. The van der Waals surface area contributed by atoms with Gasteiger partial charge in [-0.1, -0.05) is 39.5 Å². The zero-order valence-electron chi connectivity index (χ0n) is 10.8. The Morgan fingerprint density at radius 1 is 1.00 bits per heavy atom. The van der Waals surface area contributed by atoms with Crippen molar-refractivity contribution in [3.63, 3.8) is 0 Å². The van der Waals surface area contributed by atoms with E-state index in [4.69, 9.17) is 14.9 Å². The standard InChI is InChI=1S/C13H28O3/c1-3-5-6-8-12(7-4-2)10-16-11-13(15)9-14/h12-15H,3-11H2,1-2H3. The van der Waals surface area contributed by atoms with Crippen LogP contribution in [0.5, 0.6) is 0 Å². The van der Waals surface area contributed by atoms with Crippen LogP contribution in [0.3, 0.4) is 0 Å². The average Bonchev–Trinajstić information content (AvgIpc) is 2.29. The van der Waals surface area contributed by atoms with Gasteiger partial charge < -0.3 is 14.9 Å². The van der Waals surface area contributed by atoms with Crippen molar-refractivity contribution in [3.05, 3.63) is 0 Å². The molecule has 16 heavy (non-hydrogen) atoms. The van der Waals surface area contributed by atoms with Gasteiger partial charge in [0, 0.05) is 6.61 Å². The van der Waals surface area contributed by atoms with Gasteiger partial charge in [-0.25, -0.2) is 0 Å². The molecule has 0 aliphatic heterocycles. The predicted octanol–water partition coefficient (Wildman–Crippen LogP) is 2.35. The van der Waals surface area contributed by atoms with Crippen LogP contribution in [0.15, 0.2) is 0 Å². The minimum Gasteiger partial charge on any atom is -0.394 e. The van der Waals surface area contributed by atoms with E-state index in [-0.39, 0.29) is 13.2 Å². The fourth-order valence-electron chi connectivity index (χ4n) is 1.83. The van der Waals surface area contributed by atoms with Crippen LogP contribution in [0, 0.1) is 5.92 Å². The largest absolute Gasteiger partial charge is 0.394 e. The highest BCUT2D eigenvalue weighted by atomic mass is 16.5. The second-order valence-corrected chi connectivity index (χ2v) is 4.52. The number of aliphatic hydroxyl groups excluding tert-OH is 2. The number of aliphatic hydroxyl groups is 2. The van der Waals surface area contributed by atoms with E-state index in [0.29, 0.717) is 12.5 Å². The molecule has 0 aliphatic rings. The highest BCUT2D eigenvalue weighted by molar-refractivity contribution is 4.59. The van der Waals surface area contributed by atoms with Gasteiger partial charge in [0.15, 0.2) is 0 Å². The van der Waals surface area contributed by atoms with Crippen LogP contribution in [0.4, 0.5) is 0 Å². The Bertz CT molecular complexity index is 139. The predicted molar refractivity (Wildman–Crippen MR) is 66.5 cm³/mol. The van der Waals surface area contributed by atoms with Gasteiger partial charge in [0.05, 0.1) is 13.2 Å². The third-order valence-corrected chi connectivity index (χ3v) is 2.79. The molecule has 0 fully saturated rings. The maximum atomic E-state index is 9.14. The van der Waals surface area contributed by atoms with E-state index >= 15 is 0 Å². The van der Waals surface area contributed by atoms with Crippen molar-refractivity contribution in [2.45, 2.75) is 58.5 Å². The third kappa shape index (κ3) is 9.13. The van der Waals surface area contributed by atoms with Crippen LogP contribution in [0.1, 0.15) is 52.4 Å². The molecule has 0 aromatic carbocycles. The van der Waals surface area contributed by atoms with Crippen molar-refractivity contribution in [1.29, 1.82) is 0 Å². The summed E-state index contributed by atoms with van der Waals surface area (Å²) in [5.74, 6) is 0.613. The highest BCUT2D eigenvalue weighted by Gasteiger charge is 2.09. The maximum Gasteiger partial charge on any atom is 0.100 e. The molecule has 0 rings (SSSR count). The summed E-state index contributed by atoms with van der Waals surface area (Å²) in [4.78, 5) is 0. The van der Waals surface area contributed by atoms with Crippen LogP contribution in [-0.4, -0.2) is 36.1 Å². The minimum absolute atomic E-state index is 0.214. The van der Waals surface area contributed by atoms with Crippen LogP contribution >= 0.6 is 0 Å². The van der Waals surface area contributed by atoms with Crippen molar-refractivity contribution in [3.8, 4) is 0 Å². The number of rotatable bonds is 11. The lowest BCUT2D eigenvalue weighted by molar-refractivity contribution is -0.00658. The van der Waals surface area contributed by atoms with Gasteiger partial charge in [-0.2, -0.15) is 0 Å². The summed E-state index contributed by atoms with van der Waals surface area (Å²) in [6.07, 6.45) is 6.69. The Morgan fingerprint density at radius 3 is 2.31 bits per heavy atom. The second-order valence-electron chi connectivity index (χ2n) is 4.52. The molecule has 0 radical (unpaired) electrons. The third-order valence-electron chi connectivity index (χ3n) is 2.79. The van der Waals surface area contributed by atoms with E-state index in [2.05, 4.69) is 13.8 Å². The lowest BCUT2D eigenvalue weighted by Gasteiger charge is -2.17. The number of hydrogen-bond donors (Lipinski definition) is 2. The molecule has 2 N–H and O–H groups in total. The van der Waals surface area contributed by atoms with Crippen LogP contribution < -0.4 is 0 Å².